The van der Waals surface area contributed by atoms with E-state index < -0.39 is 17.9 Å². The van der Waals surface area contributed by atoms with Gasteiger partial charge in [-0.3, -0.25) is 9.79 Å². The molecule has 1 heterocycles. The van der Waals surface area contributed by atoms with Crippen LogP contribution in [-0.4, -0.2) is 50.7 Å². The van der Waals surface area contributed by atoms with Crippen LogP contribution in [0.2, 0.25) is 0 Å². The number of rotatable bonds is 5. The molecule has 132 valence electrons. The van der Waals surface area contributed by atoms with Crippen molar-refractivity contribution in [2.45, 2.75) is 32.4 Å². The second-order valence-electron chi connectivity index (χ2n) is 6.52. The van der Waals surface area contributed by atoms with Crippen LogP contribution in [0.1, 0.15) is 36.8 Å². The van der Waals surface area contributed by atoms with E-state index in [1.165, 1.54) is 0 Å². The van der Waals surface area contributed by atoms with Gasteiger partial charge in [-0.1, -0.05) is 6.07 Å². The molecule has 0 saturated carbocycles. The van der Waals surface area contributed by atoms with Crippen LogP contribution in [0.5, 0.6) is 0 Å². The number of aromatic nitrogens is 2. The van der Waals surface area contributed by atoms with Gasteiger partial charge in [-0.05, 0) is 44.5 Å². The molecule has 0 spiro atoms. The Kier molecular flexibility index (Phi) is 5.73. The molecule has 0 saturated heterocycles. The molecule has 0 radical (unpaired) electrons. The van der Waals surface area contributed by atoms with Crippen LogP contribution in [0.4, 0.5) is 0 Å². The first kappa shape index (κ1) is 18.9. The standard InChI is InChI=1S/C17H20N4O3S/c1-17(2,3)18-8-10-4-5-12-11(6-10)7-13(21-20-12)15(22)19-14(9-25)16(23)24/h4-8,14,25H,9H2,1-3H3,(H,19,22)(H,23,24)/b18-8-. The molecular formula is C17H20N4O3S. The zero-order chi connectivity index (χ0) is 18.6. The second-order valence-corrected chi connectivity index (χ2v) is 6.89. The molecule has 8 heteroatoms. The van der Waals surface area contributed by atoms with E-state index in [9.17, 15) is 9.59 Å². The number of carboxylic acids is 1. The lowest BCUT2D eigenvalue weighted by Gasteiger charge is -2.11. The molecule has 7 nitrogen and oxygen atoms in total. The number of nitrogens with one attached hydrogen (secondary N) is 1. The Morgan fingerprint density at radius 1 is 1.32 bits per heavy atom. The molecule has 0 aliphatic carbocycles. The molecule has 1 unspecified atom stereocenters. The molecule has 0 aliphatic rings. The zero-order valence-electron chi connectivity index (χ0n) is 14.2. The maximum absolute atomic E-state index is 12.2. The van der Waals surface area contributed by atoms with E-state index >= 15 is 0 Å². The van der Waals surface area contributed by atoms with Gasteiger partial charge < -0.3 is 10.4 Å². The van der Waals surface area contributed by atoms with E-state index in [0.717, 1.165) is 10.9 Å². The van der Waals surface area contributed by atoms with Crippen molar-refractivity contribution in [1.82, 2.24) is 15.5 Å². The van der Waals surface area contributed by atoms with Crippen molar-refractivity contribution < 1.29 is 14.7 Å². The van der Waals surface area contributed by atoms with Gasteiger partial charge in [-0.2, -0.15) is 12.6 Å². The Morgan fingerprint density at radius 2 is 2.04 bits per heavy atom. The van der Waals surface area contributed by atoms with Crippen LogP contribution >= 0.6 is 12.6 Å². The van der Waals surface area contributed by atoms with E-state index in [1.54, 1.807) is 18.3 Å². The van der Waals surface area contributed by atoms with E-state index in [1.807, 2.05) is 32.9 Å². The van der Waals surface area contributed by atoms with Gasteiger partial charge in [0, 0.05) is 17.4 Å². The smallest absolute Gasteiger partial charge is 0.327 e. The molecule has 2 N–H and O–H groups in total. The average Bonchev–Trinajstić information content (AvgIpc) is 2.55. The monoisotopic (exact) mass is 360 g/mol. The van der Waals surface area contributed by atoms with Crippen molar-refractivity contribution in [3.8, 4) is 0 Å². The third-order valence-electron chi connectivity index (χ3n) is 3.23. The van der Waals surface area contributed by atoms with E-state index in [2.05, 4.69) is 33.1 Å². The summed E-state index contributed by atoms with van der Waals surface area (Å²) < 4.78 is 0. The fraction of sp³-hybridized carbons (Fsp3) is 0.353. The molecular weight excluding hydrogens is 340 g/mol. The highest BCUT2D eigenvalue weighted by atomic mass is 32.1. The van der Waals surface area contributed by atoms with E-state index in [0.29, 0.717) is 5.52 Å². The Morgan fingerprint density at radius 3 is 2.64 bits per heavy atom. The third kappa shape index (κ3) is 5.25. The fourth-order valence-electron chi connectivity index (χ4n) is 1.94. The molecule has 1 aromatic carbocycles. The summed E-state index contributed by atoms with van der Waals surface area (Å²) in [7, 11) is 0. The number of aliphatic carboxylic acids is 1. The lowest BCUT2D eigenvalue weighted by Crippen LogP contribution is -2.42. The van der Waals surface area contributed by atoms with E-state index in [4.69, 9.17) is 5.11 Å². The van der Waals surface area contributed by atoms with Crippen molar-refractivity contribution in [2.24, 2.45) is 4.99 Å². The van der Waals surface area contributed by atoms with Crippen LogP contribution in [0.15, 0.2) is 29.3 Å². The number of aliphatic imine (C=N–C) groups is 1. The summed E-state index contributed by atoms with van der Waals surface area (Å²) in [5.41, 5.74) is 1.37. The van der Waals surface area contributed by atoms with Crippen molar-refractivity contribution in [3.63, 3.8) is 0 Å². The first-order valence-corrected chi connectivity index (χ1v) is 8.30. The minimum absolute atomic E-state index is 0.0184. The lowest BCUT2D eigenvalue weighted by molar-refractivity contribution is -0.138. The quantitative estimate of drug-likeness (QED) is 0.558. The van der Waals surface area contributed by atoms with Gasteiger partial charge >= 0.3 is 5.97 Å². The number of carbonyl (C=O) groups is 2. The third-order valence-corrected chi connectivity index (χ3v) is 3.59. The highest BCUT2D eigenvalue weighted by Crippen LogP contribution is 2.15. The molecule has 1 aromatic heterocycles. The van der Waals surface area contributed by atoms with Crippen molar-refractivity contribution in [2.75, 3.05) is 5.75 Å². The number of carbonyl (C=O) groups excluding carboxylic acids is 1. The van der Waals surface area contributed by atoms with Gasteiger partial charge in [0.1, 0.15) is 6.04 Å². The highest BCUT2D eigenvalue weighted by Gasteiger charge is 2.20. The Balaban J connectivity index is 2.29. The normalized spacial score (nSPS) is 13.1. The van der Waals surface area contributed by atoms with Crippen molar-refractivity contribution in [1.29, 1.82) is 0 Å². The van der Waals surface area contributed by atoms with Gasteiger partial charge in [0.2, 0.25) is 0 Å². The van der Waals surface area contributed by atoms with Crippen LogP contribution in [0, 0.1) is 0 Å². The van der Waals surface area contributed by atoms with Crippen molar-refractivity contribution in [3.05, 3.63) is 35.5 Å². The second kappa shape index (κ2) is 7.60. The van der Waals surface area contributed by atoms with Gasteiger partial charge in [0.25, 0.3) is 5.91 Å². The maximum atomic E-state index is 12.2. The largest absolute Gasteiger partial charge is 0.480 e. The molecule has 0 fully saturated rings. The molecule has 2 rings (SSSR count). The Hall–Kier alpha value is -2.48. The fourth-order valence-corrected chi connectivity index (χ4v) is 2.19. The van der Waals surface area contributed by atoms with Gasteiger partial charge in [-0.15, -0.1) is 10.2 Å². The predicted molar refractivity (Wildman–Crippen MR) is 99.6 cm³/mol. The van der Waals surface area contributed by atoms with Gasteiger partial charge in [0.15, 0.2) is 5.69 Å². The number of hydrogen-bond donors (Lipinski definition) is 3. The lowest BCUT2D eigenvalue weighted by atomic mass is 10.1. The number of nitrogens with zero attached hydrogens (tertiary/aromatic N) is 3. The predicted octanol–water partition coefficient (Wildman–Crippen LogP) is 1.96. The minimum atomic E-state index is -1.15. The summed E-state index contributed by atoms with van der Waals surface area (Å²) in [4.78, 5) is 27.6. The van der Waals surface area contributed by atoms with E-state index in [-0.39, 0.29) is 17.0 Å². The minimum Gasteiger partial charge on any atom is -0.480 e. The van der Waals surface area contributed by atoms with Gasteiger partial charge in [-0.25, -0.2) is 4.79 Å². The summed E-state index contributed by atoms with van der Waals surface area (Å²) in [6, 6.07) is 6.00. The number of hydrogen-bond acceptors (Lipinski definition) is 6. The molecule has 2 aromatic rings. The first-order valence-electron chi connectivity index (χ1n) is 7.67. The summed E-state index contributed by atoms with van der Waals surface area (Å²) in [6.45, 7) is 6.00. The molecule has 0 bridgehead atoms. The summed E-state index contributed by atoms with van der Waals surface area (Å²) >= 11 is 3.91. The van der Waals surface area contributed by atoms with Crippen LogP contribution < -0.4 is 5.32 Å². The van der Waals surface area contributed by atoms with Crippen LogP contribution in [0.25, 0.3) is 10.9 Å². The number of benzene rings is 1. The molecule has 1 atom stereocenters. The average molecular weight is 360 g/mol. The topological polar surface area (TPSA) is 105 Å². The summed E-state index contributed by atoms with van der Waals surface area (Å²) in [5.74, 6) is -1.78. The maximum Gasteiger partial charge on any atom is 0.327 e. The number of carboxylic acid groups (broad SMARTS) is 1. The highest BCUT2D eigenvalue weighted by molar-refractivity contribution is 7.80. The number of thiol groups is 1. The molecule has 1 amide bonds. The molecule has 25 heavy (non-hydrogen) atoms. The van der Waals surface area contributed by atoms with Crippen LogP contribution in [0.3, 0.4) is 0 Å². The number of fused-ring (bicyclic) bond motifs is 1. The first-order chi connectivity index (χ1) is 11.7. The summed E-state index contributed by atoms with van der Waals surface area (Å²) in [6.07, 6.45) is 1.76. The van der Waals surface area contributed by atoms with Gasteiger partial charge in [0.05, 0.1) is 11.1 Å². The molecule has 0 aliphatic heterocycles. The zero-order valence-corrected chi connectivity index (χ0v) is 15.1. The SMILES string of the molecule is CC(C)(C)/N=C\c1ccc2nnc(C(=O)NC(CS)C(=O)O)cc2c1. The Bertz CT molecular complexity index is 830. The van der Waals surface area contributed by atoms with Crippen molar-refractivity contribution >= 4 is 41.6 Å². The van der Waals surface area contributed by atoms with Crippen LogP contribution in [-0.2, 0) is 4.79 Å². The Labute approximate surface area is 151 Å². The summed E-state index contributed by atoms with van der Waals surface area (Å²) in [5, 5.41) is 19.9. The number of amides is 1.